The Kier molecular flexibility index (Phi) is 2.59. The molecule has 0 saturated carbocycles. The fraction of sp³-hybridized carbons (Fsp3) is 0.167. The molecule has 1 aliphatic rings. The van der Waals surface area contributed by atoms with Crippen molar-refractivity contribution in [3.05, 3.63) is 29.7 Å². The zero-order valence-electron chi connectivity index (χ0n) is 9.55. The summed E-state index contributed by atoms with van der Waals surface area (Å²) in [5.74, 6) is -1.58. The highest BCUT2D eigenvalue weighted by atomic mass is 19.1. The molecule has 0 fully saturated rings. The molecule has 6 nitrogen and oxygen atoms in total. The number of fused-ring (bicyclic) bond motifs is 1. The van der Waals surface area contributed by atoms with E-state index in [0.717, 1.165) is 6.07 Å². The third-order valence-electron chi connectivity index (χ3n) is 2.64. The van der Waals surface area contributed by atoms with E-state index in [2.05, 4.69) is 5.16 Å². The Morgan fingerprint density at radius 1 is 1.32 bits per heavy atom. The first-order valence-electron chi connectivity index (χ1n) is 5.45. The van der Waals surface area contributed by atoms with Crippen molar-refractivity contribution in [3.8, 4) is 22.8 Å². The van der Waals surface area contributed by atoms with Crippen LogP contribution in [0.1, 0.15) is 10.5 Å². The molecule has 0 spiro atoms. The van der Waals surface area contributed by atoms with Crippen molar-refractivity contribution >= 4 is 5.97 Å². The van der Waals surface area contributed by atoms with Gasteiger partial charge in [0.05, 0.1) is 5.56 Å². The number of ether oxygens (including phenoxy) is 2. The molecule has 0 aliphatic carbocycles. The Balaban J connectivity index is 2.07. The summed E-state index contributed by atoms with van der Waals surface area (Å²) in [6.07, 6.45) is 0. The van der Waals surface area contributed by atoms with Gasteiger partial charge in [-0.05, 0) is 12.1 Å². The monoisotopic (exact) mass is 265 g/mol. The molecule has 1 N–H and O–H groups in total. The lowest BCUT2D eigenvalue weighted by Gasteiger charge is -2.19. The number of aromatic nitrogens is 1. The van der Waals surface area contributed by atoms with Gasteiger partial charge in [-0.15, -0.1) is 0 Å². The summed E-state index contributed by atoms with van der Waals surface area (Å²) in [6, 6.07) is 4.11. The summed E-state index contributed by atoms with van der Waals surface area (Å²) in [4.78, 5) is 10.7. The van der Waals surface area contributed by atoms with Gasteiger partial charge in [-0.2, -0.15) is 0 Å². The first-order valence-corrected chi connectivity index (χ1v) is 5.45. The number of nitrogens with zero attached hydrogens (tertiary/aromatic N) is 1. The highest BCUT2D eigenvalue weighted by Crippen LogP contribution is 2.38. The van der Waals surface area contributed by atoms with Crippen LogP contribution < -0.4 is 9.47 Å². The van der Waals surface area contributed by atoms with Crippen molar-refractivity contribution in [3.63, 3.8) is 0 Å². The van der Waals surface area contributed by atoms with Gasteiger partial charge in [-0.25, -0.2) is 9.18 Å². The highest BCUT2D eigenvalue weighted by molar-refractivity contribution is 5.86. The van der Waals surface area contributed by atoms with Crippen LogP contribution in [-0.4, -0.2) is 29.4 Å². The zero-order valence-corrected chi connectivity index (χ0v) is 9.55. The van der Waals surface area contributed by atoms with Gasteiger partial charge in [0.2, 0.25) is 0 Å². The summed E-state index contributed by atoms with van der Waals surface area (Å²) in [5, 5.41) is 12.1. The van der Waals surface area contributed by atoms with Crippen molar-refractivity contribution in [2.45, 2.75) is 0 Å². The van der Waals surface area contributed by atoms with Crippen LogP contribution in [0.3, 0.4) is 0 Å². The topological polar surface area (TPSA) is 81.8 Å². The number of carbonyl (C=O) groups is 1. The molecule has 1 aromatic carbocycles. The fourth-order valence-corrected chi connectivity index (χ4v) is 1.78. The maximum Gasteiger partial charge on any atom is 0.358 e. The smallest absolute Gasteiger partial charge is 0.358 e. The molecule has 2 aromatic rings. The van der Waals surface area contributed by atoms with Gasteiger partial charge in [0.1, 0.15) is 13.2 Å². The van der Waals surface area contributed by atoms with Crippen LogP contribution >= 0.6 is 0 Å². The van der Waals surface area contributed by atoms with Crippen LogP contribution in [0.2, 0.25) is 0 Å². The number of hydrogen-bond donors (Lipinski definition) is 1. The minimum atomic E-state index is -1.24. The van der Waals surface area contributed by atoms with Crippen LogP contribution in [0.5, 0.6) is 11.5 Å². The largest absolute Gasteiger partial charge is 0.486 e. The van der Waals surface area contributed by atoms with E-state index in [1.54, 1.807) is 0 Å². The Labute approximate surface area is 106 Å². The van der Waals surface area contributed by atoms with E-state index < -0.39 is 11.8 Å². The minimum Gasteiger partial charge on any atom is -0.486 e. The minimum absolute atomic E-state index is 0.00275. The lowest BCUT2D eigenvalue weighted by atomic mass is 10.1. The van der Waals surface area contributed by atoms with Gasteiger partial charge >= 0.3 is 5.97 Å². The quantitative estimate of drug-likeness (QED) is 0.893. The van der Waals surface area contributed by atoms with E-state index in [-0.39, 0.29) is 29.4 Å². The first-order chi connectivity index (χ1) is 9.16. The molecule has 0 amide bonds. The predicted octanol–water partition coefficient (Wildman–Crippen LogP) is 1.95. The second kappa shape index (κ2) is 4.27. The normalized spacial score (nSPS) is 13.3. The lowest BCUT2D eigenvalue weighted by molar-refractivity contribution is 0.0686. The van der Waals surface area contributed by atoms with Gasteiger partial charge in [0.15, 0.2) is 28.8 Å². The Morgan fingerprint density at radius 2 is 2.11 bits per heavy atom. The van der Waals surface area contributed by atoms with E-state index in [4.69, 9.17) is 19.1 Å². The second-order valence-electron chi connectivity index (χ2n) is 3.83. The standard InChI is InChI=1S/C12H8FNO5/c13-10-6(9-5-7(12(15)16)14-19-9)1-2-8-11(10)18-4-3-17-8/h1-2,5H,3-4H2,(H,15,16). The molecule has 1 aliphatic heterocycles. The molecule has 0 radical (unpaired) electrons. The van der Waals surface area contributed by atoms with E-state index >= 15 is 0 Å². The van der Waals surface area contributed by atoms with Crippen LogP contribution in [0.15, 0.2) is 22.7 Å². The van der Waals surface area contributed by atoms with Crippen molar-refractivity contribution in [1.29, 1.82) is 0 Å². The van der Waals surface area contributed by atoms with E-state index in [1.165, 1.54) is 12.1 Å². The highest BCUT2D eigenvalue weighted by Gasteiger charge is 2.23. The van der Waals surface area contributed by atoms with Crippen molar-refractivity contribution in [2.24, 2.45) is 0 Å². The van der Waals surface area contributed by atoms with Crippen LogP contribution in [-0.2, 0) is 0 Å². The van der Waals surface area contributed by atoms with Gasteiger partial charge in [-0.3, -0.25) is 0 Å². The predicted molar refractivity (Wildman–Crippen MR) is 59.8 cm³/mol. The molecule has 3 rings (SSSR count). The van der Waals surface area contributed by atoms with Crippen LogP contribution in [0, 0.1) is 5.82 Å². The summed E-state index contributed by atoms with van der Waals surface area (Å²) in [6.45, 7) is 0.613. The summed E-state index contributed by atoms with van der Waals surface area (Å²) in [7, 11) is 0. The number of halogens is 1. The molecular weight excluding hydrogens is 257 g/mol. The number of benzene rings is 1. The molecule has 0 saturated heterocycles. The number of carboxylic acid groups (broad SMARTS) is 1. The SMILES string of the molecule is O=C(O)c1cc(-c2ccc3c(c2F)OCCO3)on1. The van der Waals surface area contributed by atoms with Crippen molar-refractivity contribution in [1.82, 2.24) is 5.16 Å². The summed E-state index contributed by atoms with van der Waals surface area (Å²) >= 11 is 0. The van der Waals surface area contributed by atoms with Gasteiger partial charge in [0.25, 0.3) is 0 Å². The van der Waals surface area contributed by atoms with Crippen molar-refractivity contribution in [2.75, 3.05) is 13.2 Å². The maximum atomic E-state index is 14.2. The maximum absolute atomic E-state index is 14.2. The number of carboxylic acids is 1. The van der Waals surface area contributed by atoms with Gasteiger partial charge in [-0.1, -0.05) is 5.16 Å². The molecule has 0 bridgehead atoms. The number of hydrogen-bond acceptors (Lipinski definition) is 5. The molecular formula is C12H8FNO5. The zero-order chi connectivity index (χ0) is 13.4. The Morgan fingerprint density at radius 3 is 2.84 bits per heavy atom. The first kappa shape index (κ1) is 11.5. The van der Waals surface area contributed by atoms with E-state index in [1.807, 2.05) is 0 Å². The molecule has 1 aromatic heterocycles. The number of aromatic carboxylic acids is 1. The van der Waals surface area contributed by atoms with Gasteiger partial charge in [0, 0.05) is 6.07 Å². The molecule has 0 unspecified atom stereocenters. The van der Waals surface area contributed by atoms with E-state index in [0.29, 0.717) is 12.4 Å². The third kappa shape index (κ3) is 1.88. The average molecular weight is 265 g/mol. The van der Waals surface area contributed by atoms with E-state index in [9.17, 15) is 9.18 Å². The average Bonchev–Trinajstić information content (AvgIpc) is 2.89. The Bertz CT molecular complexity index is 652. The third-order valence-corrected chi connectivity index (χ3v) is 2.64. The fourth-order valence-electron chi connectivity index (χ4n) is 1.78. The summed E-state index contributed by atoms with van der Waals surface area (Å²) < 4.78 is 29.5. The molecule has 7 heteroatoms. The van der Waals surface area contributed by atoms with Crippen LogP contribution in [0.25, 0.3) is 11.3 Å². The molecule has 98 valence electrons. The van der Waals surface area contributed by atoms with Crippen molar-refractivity contribution < 1.29 is 28.3 Å². The lowest BCUT2D eigenvalue weighted by Crippen LogP contribution is -2.16. The van der Waals surface area contributed by atoms with Gasteiger partial charge < -0.3 is 19.1 Å². The van der Waals surface area contributed by atoms with Crippen LogP contribution in [0.4, 0.5) is 4.39 Å². The molecule has 19 heavy (non-hydrogen) atoms. The summed E-state index contributed by atoms with van der Waals surface area (Å²) in [5.41, 5.74) is -0.214. The second-order valence-corrected chi connectivity index (χ2v) is 3.83. The molecule has 0 atom stereocenters. The Hall–Kier alpha value is -2.57. The number of rotatable bonds is 2. The molecule has 2 heterocycles.